The van der Waals surface area contributed by atoms with E-state index in [1.807, 2.05) is 6.92 Å². The number of carbonyl (C=O) groups excluding carboxylic acids is 10. The molecule has 79 heavy (non-hydrogen) atoms. The molecule has 3 unspecified atom stereocenters. The summed E-state index contributed by atoms with van der Waals surface area (Å²) in [5.41, 5.74) is 23.2. The Balaban J connectivity index is 1.52. The number of amides is 10. The third-order valence-electron chi connectivity index (χ3n) is 13.4. The van der Waals surface area contributed by atoms with Gasteiger partial charge in [0.25, 0.3) is 0 Å². The summed E-state index contributed by atoms with van der Waals surface area (Å²) in [6.45, 7) is 5.77. The molecular formula is C52H75N13O12S2. The Morgan fingerprint density at radius 3 is 2.08 bits per heavy atom. The first-order valence-electron chi connectivity index (χ1n) is 26.3. The van der Waals surface area contributed by atoms with Gasteiger partial charge < -0.3 is 74.5 Å². The molecule has 27 heteroatoms. The predicted molar refractivity (Wildman–Crippen MR) is 296 cm³/mol. The van der Waals surface area contributed by atoms with E-state index < -0.39 is 125 Å². The largest absolute Gasteiger partial charge is 0.494 e. The van der Waals surface area contributed by atoms with Crippen molar-refractivity contribution < 1.29 is 57.4 Å². The van der Waals surface area contributed by atoms with Crippen LogP contribution in [0.3, 0.4) is 0 Å². The number of aliphatic imine (C=N–C) groups is 1. The SMILES string of the molecule is CCOc1ccc(CC2NC(=O)CC3(CCOCC3)SSCC(C(=O)N3CCC[C@H]3C(=O)N[C@@H](CCCN=C(N)N)C(=O)NCC(N)=O)NC(=O)[C@H](CC(N)=O)NC(=O)[C@H](C(C)C)NC(=O)C(Cc3ccccc3)NC2=O)cc1. The van der Waals surface area contributed by atoms with Gasteiger partial charge in [0.05, 0.1) is 19.6 Å². The van der Waals surface area contributed by atoms with E-state index in [0.717, 1.165) is 10.8 Å². The second-order valence-electron chi connectivity index (χ2n) is 19.9. The van der Waals surface area contributed by atoms with Crippen LogP contribution in [0.4, 0.5) is 0 Å². The van der Waals surface area contributed by atoms with Gasteiger partial charge in [-0.2, -0.15) is 0 Å². The number of ether oxygens (including phenoxy) is 2. The first-order chi connectivity index (χ1) is 37.7. The molecule has 1 spiro atoms. The summed E-state index contributed by atoms with van der Waals surface area (Å²) in [5, 5.41) is 18.9. The Hall–Kier alpha value is -7.13. The van der Waals surface area contributed by atoms with Crippen LogP contribution in [0.2, 0.25) is 0 Å². The Morgan fingerprint density at radius 1 is 0.810 bits per heavy atom. The number of likely N-dealkylation sites (tertiary alicyclic amines) is 1. The van der Waals surface area contributed by atoms with Crippen LogP contribution in [0.1, 0.15) is 83.3 Å². The molecular weight excluding hydrogens is 1060 g/mol. The zero-order valence-corrected chi connectivity index (χ0v) is 46.4. The number of guanidine groups is 1. The summed E-state index contributed by atoms with van der Waals surface area (Å²) in [6, 6.07) is 6.59. The van der Waals surface area contributed by atoms with Gasteiger partial charge in [0.15, 0.2) is 5.96 Å². The number of hydrogen-bond donors (Lipinski definition) is 11. The molecule has 15 N–H and O–H groups in total. The van der Waals surface area contributed by atoms with Crippen molar-refractivity contribution in [3.8, 4) is 5.75 Å². The van der Waals surface area contributed by atoms with E-state index in [-0.39, 0.29) is 76.5 Å². The van der Waals surface area contributed by atoms with Crippen molar-refractivity contribution in [3.63, 3.8) is 0 Å². The highest BCUT2D eigenvalue weighted by atomic mass is 33.1. The molecule has 5 rings (SSSR count). The molecule has 10 amide bonds. The van der Waals surface area contributed by atoms with Crippen LogP contribution in [-0.4, -0.2) is 162 Å². The zero-order chi connectivity index (χ0) is 57.6. The Kier molecular flexibility index (Phi) is 24.5. The summed E-state index contributed by atoms with van der Waals surface area (Å²) in [6.07, 6.45) is 0.669. The van der Waals surface area contributed by atoms with Gasteiger partial charge in [-0.25, -0.2) is 0 Å². The van der Waals surface area contributed by atoms with Crippen molar-refractivity contribution in [1.82, 2.24) is 42.1 Å². The number of nitrogens with two attached hydrogens (primary N) is 4. The van der Waals surface area contributed by atoms with Crippen molar-refractivity contribution in [2.75, 3.05) is 45.2 Å². The lowest BCUT2D eigenvalue weighted by molar-refractivity contribution is -0.142. The fourth-order valence-electron chi connectivity index (χ4n) is 9.21. The molecule has 0 aliphatic carbocycles. The highest BCUT2D eigenvalue weighted by molar-refractivity contribution is 8.77. The molecule has 3 saturated heterocycles. The Bertz CT molecular complexity index is 2500. The van der Waals surface area contributed by atoms with Gasteiger partial charge in [-0.05, 0) is 74.6 Å². The smallest absolute Gasteiger partial charge is 0.246 e. The van der Waals surface area contributed by atoms with Crippen LogP contribution in [0.15, 0.2) is 59.6 Å². The van der Waals surface area contributed by atoms with Crippen molar-refractivity contribution in [2.24, 2.45) is 33.8 Å². The van der Waals surface area contributed by atoms with E-state index in [0.29, 0.717) is 42.7 Å². The number of nitrogens with one attached hydrogen (secondary N) is 7. The minimum atomic E-state index is -1.67. The maximum atomic E-state index is 14.9. The molecule has 3 fully saturated rings. The molecule has 25 nitrogen and oxygen atoms in total. The average molecular weight is 1140 g/mol. The van der Waals surface area contributed by atoms with E-state index in [1.54, 1.807) is 68.4 Å². The summed E-state index contributed by atoms with van der Waals surface area (Å²) in [7, 11) is 2.45. The minimum Gasteiger partial charge on any atom is -0.494 e. The molecule has 3 aliphatic rings. The lowest BCUT2D eigenvalue weighted by atomic mass is 9.94. The van der Waals surface area contributed by atoms with Gasteiger partial charge in [0, 0.05) is 56.1 Å². The second kappa shape index (κ2) is 30.9. The predicted octanol–water partition coefficient (Wildman–Crippen LogP) is -1.71. The molecule has 0 aromatic heterocycles. The summed E-state index contributed by atoms with van der Waals surface area (Å²) in [4.78, 5) is 144. The fraction of sp³-hybridized carbons (Fsp3) is 0.558. The van der Waals surface area contributed by atoms with E-state index in [9.17, 15) is 47.9 Å². The minimum absolute atomic E-state index is 0.0154. The number of benzene rings is 2. The van der Waals surface area contributed by atoms with Gasteiger partial charge >= 0.3 is 0 Å². The first-order valence-corrected chi connectivity index (χ1v) is 28.6. The normalized spacial score (nSPS) is 22.9. The number of carbonyl (C=O) groups is 10. The monoisotopic (exact) mass is 1140 g/mol. The third kappa shape index (κ3) is 19.9. The first kappa shape index (κ1) is 62.7. The molecule has 2 aromatic rings. The van der Waals surface area contributed by atoms with Crippen LogP contribution in [0.5, 0.6) is 5.75 Å². The third-order valence-corrected chi connectivity index (χ3v) is 16.7. The lowest BCUT2D eigenvalue weighted by Crippen LogP contribution is -2.61. The summed E-state index contributed by atoms with van der Waals surface area (Å²) < 4.78 is 10.5. The van der Waals surface area contributed by atoms with Crippen LogP contribution in [0.25, 0.3) is 0 Å². The summed E-state index contributed by atoms with van der Waals surface area (Å²) >= 11 is 0. The van der Waals surface area contributed by atoms with E-state index >= 15 is 0 Å². The Labute approximate surface area is 466 Å². The van der Waals surface area contributed by atoms with Crippen molar-refractivity contribution >= 4 is 86.6 Å². The highest BCUT2D eigenvalue weighted by Gasteiger charge is 2.43. The fourth-order valence-corrected chi connectivity index (χ4v) is 12.5. The molecule has 7 atom stereocenters. The van der Waals surface area contributed by atoms with Gasteiger partial charge in [0.2, 0.25) is 59.1 Å². The van der Waals surface area contributed by atoms with Crippen molar-refractivity contribution in [2.45, 2.75) is 132 Å². The van der Waals surface area contributed by atoms with Gasteiger partial charge in [0.1, 0.15) is 48.0 Å². The molecule has 3 heterocycles. The molecule has 2 aromatic carbocycles. The Morgan fingerprint density at radius 2 is 1.44 bits per heavy atom. The van der Waals surface area contributed by atoms with Crippen molar-refractivity contribution in [1.29, 1.82) is 0 Å². The average Bonchev–Trinajstić information content (AvgIpc) is 3.91. The maximum Gasteiger partial charge on any atom is 0.246 e. The standard InChI is InChI=1S/C52H75N13O12S2/c1-4-77-33-16-14-32(15-17-33)25-35-45(70)61-36(24-31-10-6-5-7-11-31)47(72)64-43(30(2)3)49(74)62-37(26-40(53)66)46(71)63-38(29-78-79-52(27-42(68)59-35)18-22-76-23-19-52)50(75)65-21-9-13-39(65)48(73)60-34(12-8-20-57-51(55)56)44(69)58-28-41(54)67/h5-7,10-11,14-17,30,34-39,43H,4,8-9,12-13,18-29H2,1-3H3,(H2,53,66)(H2,54,67)(H,58,69)(H,59,68)(H,60,73)(H,61,70)(H,62,74)(H,63,71)(H,64,72)(H4,55,56,57)/t34-,35?,36?,37-,38?,39-,43-/m0/s1. The van der Waals surface area contributed by atoms with E-state index in [4.69, 9.17) is 32.4 Å². The number of hydrogen-bond acceptors (Lipinski definition) is 15. The van der Waals surface area contributed by atoms with E-state index in [1.165, 1.54) is 15.7 Å². The molecule has 0 saturated carbocycles. The van der Waals surface area contributed by atoms with E-state index in [2.05, 4.69) is 42.2 Å². The van der Waals surface area contributed by atoms with Crippen LogP contribution in [-0.2, 0) is 65.5 Å². The topological polar surface area (TPSA) is 393 Å². The quantitative estimate of drug-likeness (QED) is 0.0323. The van der Waals surface area contributed by atoms with Crippen LogP contribution in [0, 0.1) is 5.92 Å². The van der Waals surface area contributed by atoms with Crippen LogP contribution < -0.4 is 64.9 Å². The summed E-state index contributed by atoms with van der Waals surface area (Å²) in [5.74, 6) is -8.14. The molecule has 0 radical (unpaired) electrons. The maximum absolute atomic E-state index is 14.9. The van der Waals surface area contributed by atoms with Crippen LogP contribution >= 0.6 is 21.6 Å². The van der Waals surface area contributed by atoms with Gasteiger partial charge in [-0.3, -0.25) is 52.9 Å². The number of nitrogens with zero attached hydrogens (tertiary/aromatic N) is 2. The number of primary amides is 2. The molecule has 0 bridgehead atoms. The second-order valence-corrected chi connectivity index (χ2v) is 22.7. The van der Waals surface area contributed by atoms with Gasteiger partial charge in [-0.15, -0.1) is 0 Å². The molecule has 432 valence electrons. The highest BCUT2D eigenvalue weighted by Crippen LogP contribution is 2.46. The molecule has 3 aliphatic heterocycles. The van der Waals surface area contributed by atoms with Crippen molar-refractivity contribution in [3.05, 3.63) is 65.7 Å². The lowest BCUT2D eigenvalue weighted by Gasteiger charge is -2.36. The number of rotatable bonds is 19. The zero-order valence-electron chi connectivity index (χ0n) is 44.8. The van der Waals surface area contributed by atoms with Gasteiger partial charge in [-0.1, -0.05) is 77.9 Å².